The van der Waals surface area contributed by atoms with E-state index in [1.54, 1.807) is 12.1 Å². The highest BCUT2D eigenvalue weighted by molar-refractivity contribution is 6.30. The molecule has 2 aromatic carbocycles. The van der Waals surface area contributed by atoms with E-state index >= 15 is 0 Å². The van der Waals surface area contributed by atoms with Gasteiger partial charge < -0.3 is 4.74 Å². The van der Waals surface area contributed by atoms with Crippen LogP contribution in [-0.2, 0) is 4.74 Å². The maximum absolute atomic E-state index is 9.40. The summed E-state index contributed by atoms with van der Waals surface area (Å²) in [7, 11) is 0. The lowest BCUT2D eigenvalue weighted by molar-refractivity contribution is 0.310. The molecule has 3 rings (SSSR count). The Morgan fingerprint density at radius 1 is 1.18 bits per heavy atom. The van der Waals surface area contributed by atoms with Crippen LogP contribution < -0.4 is 0 Å². The minimum Gasteiger partial charge on any atom is -0.478 e. The van der Waals surface area contributed by atoms with E-state index < -0.39 is 0 Å². The van der Waals surface area contributed by atoms with Crippen molar-refractivity contribution in [3.05, 3.63) is 70.7 Å². The molecule has 0 bridgehead atoms. The Bertz CT molecular complexity index is 704. The summed E-state index contributed by atoms with van der Waals surface area (Å²) < 4.78 is 5.67. The van der Waals surface area contributed by atoms with Crippen LogP contribution in [0.4, 0.5) is 0 Å². The van der Waals surface area contributed by atoms with E-state index in [9.17, 15) is 5.26 Å². The molecule has 1 heterocycles. The smallest absolute Gasteiger partial charge is 0.185 e. The van der Waals surface area contributed by atoms with Crippen LogP contribution >= 0.6 is 11.6 Å². The van der Waals surface area contributed by atoms with E-state index in [4.69, 9.17) is 16.3 Å². The third-order valence-electron chi connectivity index (χ3n) is 3.70. The van der Waals surface area contributed by atoms with E-state index in [0.717, 1.165) is 11.1 Å². The van der Waals surface area contributed by atoms with Crippen molar-refractivity contribution in [3.8, 4) is 6.07 Å². The number of nitriles is 1. The van der Waals surface area contributed by atoms with Gasteiger partial charge in [-0.05, 0) is 23.3 Å². The summed E-state index contributed by atoms with van der Waals surface area (Å²) in [6, 6.07) is 19.7. The fourth-order valence-electron chi connectivity index (χ4n) is 2.49. The Morgan fingerprint density at radius 2 is 1.91 bits per heavy atom. The van der Waals surface area contributed by atoms with Crippen LogP contribution in [0.25, 0.3) is 0 Å². The van der Waals surface area contributed by atoms with Crippen LogP contribution in [0.5, 0.6) is 0 Å². The fraction of sp³-hybridized carbons (Fsp3) is 0.222. The molecule has 110 valence electrons. The molecule has 0 unspecified atom stereocenters. The van der Waals surface area contributed by atoms with Crippen molar-refractivity contribution in [3.63, 3.8) is 0 Å². The van der Waals surface area contributed by atoms with Crippen molar-refractivity contribution in [2.75, 3.05) is 6.61 Å². The molecule has 0 saturated heterocycles. The van der Waals surface area contributed by atoms with Gasteiger partial charge >= 0.3 is 0 Å². The van der Waals surface area contributed by atoms with Crippen molar-refractivity contribution >= 4 is 17.5 Å². The third-order valence-corrected chi connectivity index (χ3v) is 3.95. The Hall–Kier alpha value is -2.31. The van der Waals surface area contributed by atoms with Gasteiger partial charge in [0.25, 0.3) is 0 Å². The number of aliphatic imine (C=N–C) groups is 1. The average Bonchev–Trinajstić information content (AvgIpc) is 3.03. The minimum atomic E-state index is -0.273. The van der Waals surface area contributed by atoms with Gasteiger partial charge in [0.15, 0.2) is 5.90 Å². The van der Waals surface area contributed by atoms with Gasteiger partial charge in [0.05, 0.1) is 12.0 Å². The van der Waals surface area contributed by atoms with E-state index in [-0.39, 0.29) is 12.0 Å². The van der Waals surface area contributed by atoms with Crippen LogP contribution in [0.15, 0.2) is 59.6 Å². The van der Waals surface area contributed by atoms with E-state index in [1.807, 2.05) is 42.5 Å². The van der Waals surface area contributed by atoms with E-state index in [1.165, 1.54) is 0 Å². The molecule has 0 amide bonds. The third kappa shape index (κ3) is 3.29. The Kier molecular flexibility index (Phi) is 4.41. The summed E-state index contributed by atoms with van der Waals surface area (Å²) in [6.45, 7) is 0.540. The lowest BCUT2D eigenvalue weighted by Gasteiger charge is -2.09. The second kappa shape index (κ2) is 6.64. The molecular formula is C18H15ClN2O. The van der Waals surface area contributed by atoms with Gasteiger partial charge in [-0.2, -0.15) is 5.26 Å². The number of rotatable bonds is 4. The highest BCUT2D eigenvalue weighted by Crippen LogP contribution is 2.28. The topological polar surface area (TPSA) is 45.4 Å². The molecule has 3 nitrogen and oxygen atoms in total. The number of halogens is 1. The molecule has 0 aliphatic carbocycles. The summed E-state index contributed by atoms with van der Waals surface area (Å²) in [5.41, 5.74) is 2.07. The second-order valence-electron chi connectivity index (χ2n) is 5.20. The Morgan fingerprint density at radius 3 is 2.59 bits per heavy atom. The summed E-state index contributed by atoms with van der Waals surface area (Å²) in [6.07, 6.45) is 0.488. The van der Waals surface area contributed by atoms with Crippen LogP contribution in [0.2, 0.25) is 5.02 Å². The molecule has 2 atom stereocenters. The zero-order chi connectivity index (χ0) is 15.4. The van der Waals surface area contributed by atoms with E-state index in [2.05, 4.69) is 11.1 Å². The first kappa shape index (κ1) is 14.6. The van der Waals surface area contributed by atoms with Crippen molar-refractivity contribution in [2.24, 2.45) is 4.99 Å². The number of benzene rings is 2. The molecule has 22 heavy (non-hydrogen) atoms. The first-order valence-electron chi connectivity index (χ1n) is 7.16. The molecule has 1 aliphatic heterocycles. The largest absolute Gasteiger partial charge is 0.478 e. The molecular weight excluding hydrogens is 296 g/mol. The first-order chi connectivity index (χ1) is 10.8. The summed E-state index contributed by atoms with van der Waals surface area (Å²) in [5, 5.41) is 10.1. The molecule has 4 heteroatoms. The van der Waals surface area contributed by atoms with Crippen molar-refractivity contribution in [1.82, 2.24) is 0 Å². The highest BCUT2D eigenvalue weighted by atomic mass is 35.5. The van der Waals surface area contributed by atoms with Gasteiger partial charge in [-0.3, -0.25) is 0 Å². The van der Waals surface area contributed by atoms with Gasteiger partial charge in [0.1, 0.15) is 12.6 Å². The molecule has 0 aromatic heterocycles. The van der Waals surface area contributed by atoms with Gasteiger partial charge in [0, 0.05) is 11.4 Å². The molecule has 0 fully saturated rings. The standard InChI is InChI=1S/C18H15ClN2O/c19-16-8-6-13(7-9-16)15(11-20)10-18-21-17(12-22-18)14-4-2-1-3-5-14/h1-9,15,17H,10,12H2/t15-,17-/m0/s1. The van der Waals surface area contributed by atoms with Gasteiger partial charge in [-0.1, -0.05) is 54.1 Å². The second-order valence-corrected chi connectivity index (χ2v) is 5.63. The van der Waals surface area contributed by atoms with Gasteiger partial charge in [-0.15, -0.1) is 0 Å². The minimum absolute atomic E-state index is 0.0285. The van der Waals surface area contributed by atoms with Crippen molar-refractivity contribution in [1.29, 1.82) is 5.26 Å². The summed E-state index contributed by atoms with van der Waals surface area (Å²) >= 11 is 5.89. The zero-order valence-corrected chi connectivity index (χ0v) is 12.7. The summed E-state index contributed by atoms with van der Waals surface area (Å²) in [5.74, 6) is 0.376. The lowest BCUT2D eigenvalue weighted by Crippen LogP contribution is -2.06. The number of nitrogens with zero attached hydrogens (tertiary/aromatic N) is 2. The van der Waals surface area contributed by atoms with Crippen molar-refractivity contribution < 1.29 is 4.74 Å². The predicted molar refractivity (Wildman–Crippen MR) is 87.0 cm³/mol. The monoisotopic (exact) mass is 310 g/mol. The average molecular weight is 311 g/mol. The van der Waals surface area contributed by atoms with Gasteiger partial charge in [-0.25, -0.2) is 4.99 Å². The lowest BCUT2D eigenvalue weighted by atomic mass is 9.97. The van der Waals surface area contributed by atoms with Crippen LogP contribution in [0.3, 0.4) is 0 Å². The molecule has 2 aromatic rings. The van der Waals surface area contributed by atoms with E-state index in [0.29, 0.717) is 23.9 Å². The molecule has 0 radical (unpaired) electrons. The number of ether oxygens (including phenoxy) is 1. The first-order valence-corrected chi connectivity index (χ1v) is 7.53. The zero-order valence-electron chi connectivity index (χ0n) is 11.9. The normalized spacial score (nSPS) is 18.2. The predicted octanol–water partition coefficient (Wildman–Crippen LogP) is 4.51. The number of hydrogen-bond donors (Lipinski definition) is 0. The maximum atomic E-state index is 9.40. The quantitative estimate of drug-likeness (QED) is 0.834. The Balaban J connectivity index is 1.72. The fourth-order valence-corrected chi connectivity index (χ4v) is 2.61. The molecule has 1 aliphatic rings. The Labute approximate surface area is 134 Å². The highest BCUT2D eigenvalue weighted by Gasteiger charge is 2.23. The molecule has 0 N–H and O–H groups in total. The maximum Gasteiger partial charge on any atom is 0.185 e. The van der Waals surface area contributed by atoms with Crippen molar-refractivity contribution in [2.45, 2.75) is 18.4 Å². The van der Waals surface area contributed by atoms with Crippen LogP contribution in [-0.4, -0.2) is 12.5 Å². The molecule has 0 spiro atoms. The molecule has 0 saturated carbocycles. The summed E-state index contributed by atoms with van der Waals surface area (Å²) in [4.78, 5) is 4.61. The SMILES string of the molecule is N#C[C@H](CC1=N[C@H](c2ccccc2)CO1)c1ccc(Cl)cc1. The van der Waals surface area contributed by atoms with Gasteiger partial charge in [0.2, 0.25) is 0 Å². The number of hydrogen-bond acceptors (Lipinski definition) is 3. The van der Waals surface area contributed by atoms with Crippen LogP contribution in [0.1, 0.15) is 29.5 Å². The van der Waals surface area contributed by atoms with Crippen LogP contribution in [0, 0.1) is 11.3 Å².